The van der Waals surface area contributed by atoms with Crippen molar-refractivity contribution in [3.05, 3.63) is 94.2 Å². The fraction of sp³-hybridized carbons (Fsp3) is 0.172. The van der Waals surface area contributed by atoms with Gasteiger partial charge in [0, 0.05) is 22.7 Å². The van der Waals surface area contributed by atoms with Crippen LogP contribution in [0.5, 0.6) is 5.75 Å². The molecule has 0 aliphatic carbocycles. The van der Waals surface area contributed by atoms with E-state index in [9.17, 15) is 14.7 Å². The minimum absolute atomic E-state index is 0.0754. The highest BCUT2D eigenvalue weighted by Gasteiger charge is 2.47. The molecule has 0 fully saturated rings. The number of benzene rings is 2. The second-order valence-electron chi connectivity index (χ2n) is 9.44. The standard InChI is InChI=1S/C29H22ClN3O5S/c1-14(2)15-7-8-18-22(12-15)39-29(32-18)33-24(19-6-4-5-9-31-19)23(26(35)28(33)36)25(34)20-11-16-10-17(30)13-21(37-3)27(16)38-20/h4-14,24,35H,1-3H3. The third-order valence-corrected chi connectivity index (χ3v) is 7.92. The molecule has 196 valence electrons. The predicted molar refractivity (Wildman–Crippen MR) is 150 cm³/mol. The molecule has 5 aromatic rings. The molecule has 3 aromatic heterocycles. The summed E-state index contributed by atoms with van der Waals surface area (Å²) in [6, 6.07) is 14.9. The number of aliphatic hydroxyl groups is 1. The van der Waals surface area contributed by atoms with Crippen LogP contribution >= 0.6 is 22.9 Å². The van der Waals surface area contributed by atoms with Gasteiger partial charge in [0.15, 0.2) is 28.0 Å². The Morgan fingerprint density at radius 3 is 2.72 bits per heavy atom. The molecule has 0 spiro atoms. The lowest BCUT2D eigenvalue weighted by Crippen LogP contribution is -2.31. The van der Waals surface area contributed by atoms with Crippen LogP contribution in [0.25, 0.3) is 21.2 Å². The van der Waals surface area contributed by atoms with Crippen LogP contribution in [0.2, 0.25) is 5.02 Å². The summed E-state index contributed by atoms with van der Waals surface area (Å²) >= 11 is 7.50. The van der Waals surface area contributed by atoms with Crippen LogP contribution < -0.4 is 9.64 Å². The Kier molecular flexibility index (Phi) is 6.12. The number of pyridine rings is 1. The van der Waals surface area contributed by atoms with Crippen LogP contribution in [-0.4, -0.2) is 33.9 Å². The number of halogens is 1. The summed E-state index contributed by atoms with van der Waals surface area (Å²) in [7, 11) is 1.47. The molecule has 1 N–H and O–H groups in total. The Balaban J connectivity index is 1.48. The van der Waals surface area contributed by atoms with E-state index >= 15 is 0 Å². The van der Waals surface area contributed by atoms with E-state index in [2.05, 4.69) is 23.8 Å². The van der Waals surface area contributed by atoms with Gasteiger partial charge in [-0.25, -0.2) is 4.98 Å². The van der Waals surface area contributed by atoms with Crippen LogP contribution in [0.15, 0.2) is 76.5 Å². The maximum atomic E-state index is 13.9. The Hall–Kier alpha value is -4.21. The van der Waals surface area contributed by atoms with E-state index in [0.717, 1.165) is 10.3 Å². The second kappa shape index (κ2) is 9.52. The number of ketones is 1. The van der Waals surface area contributed by atoms with E-state index < -0.39 is 23.5 Å². The van der Waals surface area contributed by atoms with E-state index in [1.165, 1.54) is 29.4 Å². The predicted octanol–water partition coefficient (Wildman–Crippen LogP) is 7.01. The van der Waals surface area contributed by atoms with E-state index in [0.29, 0.717) is 44.0 Å². The van der Waals surface area contributed by atoms with Crippen molar-refractivity contribution >= 4 is 60.9 Å². The van der Waals surface area contributed by atoms with Crippen molar-refractivity contribution in [1.82, 2.24) is 9.97 Å². The molecule has 1 aliphatic rings. The number of carbonyl (C=O) groups excluding carboxylic acids is 2. The summed E-state index contributed by atoms with van der Waals surface area (Å²) in [6.45, 7) is 4.21. The molecule has 6 rings (SSSR count). The molecular formula is C29H22ClN3O5S. The van der Waals surface area contributed by atoms with Crippen molar-refractivity contribution in [2.45, 2.75) is 25.8 Å². The lowest BCUT2D eigenvalue weighted by Gasteiger charge is -2.23. The Morgan fingerprint density at radius 1 is 1.18 bits per heavy atom. The third kappa shape index (κ3) is 4.14. The molecule has 1 amide bonds. The van der Waals surface area contributed by atoms with Crippen molar-refractivity contribution < 1.29 is 23.8 Å². The first-order chi connectivity index (χ1) is 18.8. The van der Waals surface area contributed by atoms with Gasteiger partial charge in [0.2, 0.25) is 5.78 Å². The maximum absolute atomic E-state index is 13.9. The zero-order valence-corrected chi connectivity index (χ0v) is 22.7. The number of methoxy groups -OCH3 is 1. The van der Waals surface area contributed by atoms with Crippen LogP contribution in [0, 0.1) is 0 Å². The summed E-state index contributed by atoms with van der Waals surface area (Å²) in [5.74, 6) is -1.47. The van der Waals surface area contributed by atoms with Gasteiger partial charge >= 0.3 is 0 Å². The normalized spacial score (nSPS) is 15.8. The van der Waals surface area contributed by atoms with E-state index in [1.54, 1.807) is 36.5 Å². The number of hydrogen-bond acceptors (Lipinski definition) is 8. The number of furan rings is 1. The first-order valence-corrected chi connectivity index (χ1v) is 13.4. The van der Waals surface area contributed by atoms with Gasteiger partial charge in [0.1, 0.15) is 6.04 Å². The van der Waals surface area contributed by atoms with Gasteiger partial charge in [-0.15, -0.1) is 0 Å². The molecule has 0 radical (unpaired) electrons. The lowest BCUT2D eigenvalue weighted by atomic mass is 9.98. The molecule has 1 unspecified atom stereocenters. The molecule has 10 heteroatoms. The summed E-state index contributed by atoms with van der Waals surface area (Å²) in [6.07, 6.45) is 1.57. The number of fused-ring (bicyclic) bond motifs is 2. The van der Waals surface area contributed by atoms with Gasteiger partial charge in [0.05, 0.1) is 28.6 Å². The van der Waals surface area contributed by atoms with Crippen LogP contribution in [0.3, 0.4) is 0 Å². The number of hydrogen-bond donors (Lipinski definition) is 1. The van der Waals surface area contributed by atoms with E-state index in [4.69, 9.17) is 20.8 Å². The first-order valence-electron chi connectivity index (χ1n) is 12.2. The highest BCUT2D eigenvalue weighted by atomic mass is 35.5. The number of ether oxygens (including phenoxy) is 1. The minimum atomic E-state index is -1.02. The topological polar surface area (TPSA) is 106 Å². The molecule has 39 heavy (non-hydrogen) atoms. The number of thiazole rings is 1. The van der Waals surface area contributed by atoms with Crippen molar-refractivity contribution in [2.75, 3.05) is 12.0 Å². The van der Waals surface area contributed by atoms with Crippen LogP contribution in [0.1, 0.15) is 47.6 Å². The maximum Gasteiger partial charge on any atom is 0.296 e. The van der Waals surface area contributed by atoms with Gasteiger partial charge in [-0.05, 0) is 47.9 Å². The summed E-state index contributed by atoms with van der Waals surface area (Å²) < 4.78 is 12.1. The first kappa shape index (κ1) is 25.1. The van der Waals surface area contributed by atoms with Gasteiger partial charge in [-0.3, -0.25) is 19.5 Å². The molecule has 8 nitrogen and oxygen atoms in total. The molecule has 1 atom stereocenters. The summed E-state index contributed by atoms with van der Waals surface area (Å²) in [5.41, 5.74) is 2.44. The smallest absolute Gasteiger partial charge is 0.296 e. The van der Waals surface area contributed by atoms with Gasteiger partial charge < -0.3 is 14.3 Å². The number of rotatable bonds is 6. The molecular weight excluding hydrogens is 538 g/mol. The van der Waals surface area contributed by atoms with Crippen molar-refractivity contribution in [3.8, 4) is 5.75 Å². The summed E-state index contributed by atoms with van der Waals surface area (Å²) in [5, 5.41) is 12.4. The van der Waals surface area contributed by atoms with Gasteiger partial charge in [-0.1, -0.05) is 48.9 Å². The van der Waals surface area contributed by atoms with E-state index in [1.807, 2.05) is 18.2 Å². The quantitative estimate of drug-likeness (QED) is 0.223. The fourth-order valence-electron chi connectivity index (χ4n) is 4.73. The Bertz CT molecular complexity index is 1810. The zero-order chi connectivity index (χ0) is 27.4. The number of Topliss-reactive ketones (excluding diaryl/α,β-unsaturated/α-hetero) is 1. The van der Waals surface area contributed by atoms with Crippen LogP contribution in [-0.2, 0) is 4.79 Å². The molecule has 1 aliphatic heterocycles. The third-order valence-electron chi connectivity index (χ3n) is 6.69. The Morgan fingerprint density at radius 2 is 2.00 bits per heavy atom. The lowest BCUT2D eigenvalue weighted by molar-refractivity contribution is -0.117. The van der Waals surface area contributed by atoms with Crippen molar-refractivity contribution in [1.29, 1.82) is 0 Å². The number of amides is 1. The molecule has 0 saturated heterocycles. The highest BCUT2D eigenvalue weighted by Crippen LogP contribution is 2.44. The van der Waals surface area contributed by atoms with E-state index in [-0.39, 0.29) is 11.3 Å². The number of carbonyl (C=O) groups is 2. The van der Waals surface area contributed by atoms with Crippen molar-refractivity contribution in [3.63, 3.8) is 0 Å². The monoisotopic (exact) mass is 559 g/mol. The van der Waals surface area contributed by atoms with Crippen molar-refractivity contribution in [2.24, 2.45) is 0 Å². The SMILES string of the molecule is COc1cc(Cl)cc2cc(C(=O)C3=C(O)C(=O)N(c4nc5ccc(C(C)C)cc5s4)C3c3ccccn3)oc12. The Labute approximate surface area is 232 Å². The highest BCUT2D eigenvalue weighted by molar-refractivity contribution is 7.22. The number of nitrogens with zero attached hydrogens (tertiary/aromatic N) is 3. The largest absolute Gasteiger partial charge is 0.503 e. The van der Waals surface area contributed by atoms with Gasteiger partial charge in [-0.2, -0.15) is 0 Å². The minimum Gasteiger partial charge on any atom is -0.503 e. The van der Waals surface area contributed by atoms with Crippen LogP contribution in [0.4, 0.5) is 5.13 Å². The average molecular weight is 560 g/mol. The van der Waals surface area contributed by atoms with Gasteiger partial charge in [0.25, 0.3) is 5.91 Å². The number of anilines is 1. The summed E-state index contributed by atoms with van der Waals surface area (Å²) in [4.78, 5) is 37.9. The molecule has 0 bridgehead atoms. The second-order valence-corrected chi connectivity index (χ2v) is 10.9. The fourth-order valence-corrected chi connectivity index (χ4v) is 5.98. The zero-order valence-electron chi connectivity index (χ0n) is 21.1. The average Bonchev–Trinajstić information content (AvgIpc) is 3.62. The number of aliphatic hydroxyl groups excluding tert-OH is 1. The molecule has 2 aromatic carbocycles. The molecule has 0 saturated carbocycles. The molecule has 4 heterocycles. The number of aromatic nitrogens is 2.